The topological polar surface area (TPSA) is 104 Å². The maximum absolute atomic E-state index is 12.5. The highest BCUT2D eigenvalue weighted by atomic mass is 16.3. The zero-order valence-corrected chi connectivity index (χ0v) is 21.1. The number of benzene rings is 5. The molecule has 0 aliphatic carbocycles. The normalized spacial score (nSPS) is 11.3. The third kappa shape index (κ3) is 4.41. The smallest absolute Gasteiger partial charge is 0.328 e. The molecule has 1 heterocycles. The molecule has 7 heteroatoms. The van der Waals surface area contributed by atoms with Crippen LogP contribution >= 0.6 is 0 Å². The summed E-state index contributed by atoms with van der Waals surface area (Å²) in [6.07, 6.45) is 2.54. The Labute approximate surface area is 223 Å². The third-order valence-electron chi connectivity index (χ3n) is 7.09. The molecule has 6 aromatic rings. The summed E-state index contributed by atoms with van der Waals surface area (Å²) in [5.74, 6) is 5.70. The summed E-state index contributed by atoms with van der Waals surface area (Å²) in [6, 6.07) is 22.9. The zero-order chi connectivity index (χ0) is 26.9. The number of carbonyl (C=O) groups is 1. The molecule has 7 nitrogen and oxygen atoms in total. The molecular formula is C32H25N3O4. The van der Waals surface area contributed by atoms with Crippen LogP contribution in [0.1, 0.15) is 24.0 Å². The number of unbranched alkanes of at least 4 members (excludes halogenated alkanes) is 1. The van der Waals surface area contributed by atoms with Crippen LogP contribution in [-0.2, 0) is 11.3 Å². The fraction of sp³-hybridized carbons (Fsp3) is 0.156. The molecule has 0 saturated heterocycles. The van der Waals surface area contributed by atoms with Gasteiger partial charge in [0.05, 0.1) is 0 Å². The molecular weight excluding hydrogens is 490 g/mol. The van der Waals surface area contributed by atoms with E-state index in [1.807, 2.05) is 18.2 Å². The van der Waals surface area contributed by atoms with Crippen LogP contribution in [-0.4, -0.2) is 33.7 Å². The second-order valence-electron chi connectivity index (χ2n) is 9.56. The lowest BCUT2D eigenvalue weighted by atomic mass is 9.88. The average Bonchev–Trinajstić information content (AvgIpc) is 2.95. The maximum atomic E-state index is 12.5. The van der Waals surface area contributed by atoms with Gasteiger partial charge in [0.15, 0.2) is 0 Å². The van der Waals surface area contributed by atoms with Crippen LogP contribution in [0.4, 0.5) is 0 Å². The van der Waals surface area contributed by atoms with Gasteiger partial charge in [0.1, 0.15) is 12.1 Å². The molecule has 1 aromatic heterocycles. The van der Waals surface area contributed by atoms with Gasteiger partial charge in [-0.2, -0.15) is 0 Å². The van der Waals surface area contributed by atoms with Crippen molar-refractivity contribution < 1.29 is 9.90 Å². The van der Waals surface area contributed by atoms with Gasteiger partial charge in [0.2, 0.25) is 5.91 Å². The number of nitrogens with one attached hydrogen (secondary N) is 2. The molecule has 39 heavy (non-hydrogen) atoms. The molecule has 1 amide bonds. The highest BCUT2D eigenvalue weighted by Gasteiger charge is 2.14. The zero-order valence-electron chi connectivity index (χ0n) is 21.1. The van der Waals surface area contributed by atoms with E-state index in [1.54, 1.807) is 0 Å². The Bertz CT molecular complexity index is 2010. The van der Waals surface area contributed by atoms with E-state index in [4.69, 9.17) is 5.11 Å². The second-order valence-corrected chi connectivity index (χ2v) is 9.56. The van der Waals surface area contributed by atoms with Crippen molar-refractivity contribution in [2.75, 3.05) is 13.2 Å². The van der Waals surface area contributed by atoms with Crippen LogP contribution in [0, 0.1) is 11.8 Å². The lowest BCUT2D eigenvalue weighted by Crippen LogP contribution is -2.36. The quantitative estimate of drug-likeness (QED) is 0.136. The Morgan fingerprint density at radius 3 is 2.18 bits per heavy atom. The van der Waals surface area contributed by atoms with E-state index in [0.717, 1.165) is 31.7 Å². The molecule has 0 spiro atoms. The van der Waals surface area contributed by atoms with Crippen LogP contribution in [0.5, 0.6) is 0 Å². The first-order valence-electron chi connectivity index (χ1n) is 12.9. The molecule has 0 aliphatic rings. The van der Waals surface area contributed by atoms with E-state index in [1.165, 1.54) is 27.7 Å². The van der Waals surface area contributed by atoms with Crippen molar-refractivity contribution >= 4 is 49.0 Å². The van der Waals surface area contributed by atoms with Crippen molar-refractivity contribution in [3.8, 4) is 11.8 Å². The predicted octanol–water partition coefficient (Wildman–Crippen LogP) is 3.88. The molecule has 0 bridgehead atoms. The number of aliphatic hydroxyl groups excluding tert-OH is 1. The minimum Gasteiger partial charge on any atom is -0.396 e. The van der Waals surface area contributed by atoms with Crippen molar-refractivity contribution in [1.82, 2.24) is 14.9 Å². The van der Waals surface area contributed by atoms with E-state index in [9.17, 15) is 14.4 Å². The number of nitrogens with zero attached hydrogens (tertiary/aromatic N) is 1. The first-order valence-corrected chi connectivity index (χ1v) is 12.9. The Morgan fingerprint density at radius 2 is 1.44 bits per heavy atom. The monoisotopic (exact) mass is 515 g/mol. The van der Waals surface area contributed by atoms with Crippen LogP contribution < -0.4 is 16.6 Å². The summed E-state index contributed by atoms with van der Waals surface area (Å²) in [4.78, 5) is 39.3. The number of fused-ring (bicyclic) bond motifs is 2. The molecule has 0 unspecified atom stereocenters. The number of aromatic nitrogens is 2. The third-order valence-corrected chi connectivity index (χ3v) is 7.09. The SMILES string of the molecule is O=C(Cn1cc(C#Cc2ccc3c4cccc5cccc(c6cccc2c63)c54)c(=O)[nH]c1=O)NCCCCO. The second kappa shape index (κ2) is 10.1. The van der Waals surface area contributed by atoms with Crippen LogP contribution in [0.15, 0.2) is 82.5 Å². The summed E-state index contributed by atoms with van der Waals surface area (Å²) in [5.41, 5.74) is -0.417. The van der Waals surface area contributed by atoms with Crippen LogP contribution in [0.2, 0.25) is 0 Å². The highest BCUT2D eigenvalue weighted by Crippen LogP contribution is 2.40. The molecule has 0 fully saturated rings. The average molecular weight is 516 g/mol. The minimum absolute atomic E-state index is 0.0556. The Balaban J connectivity index is 1.41. The van der Waals surface area contributed by atoms with Gasteiger partial charge in [-0.1, -0.05) is 72.5 Å². The number of hydrogen-bond acceptors (Lipinski definition) is 4. The Kier molecular flexibility index (Phi) is 6.31. The molecule has 192 valence electrons. The van der Waals surface area contributed by atoms with E-state index in [2.05, 4.69) is 70.7 Å². The Hall–Kier alpha value is -4.93. The van der Waals surface area contributed by atoms with Crippen molar-refractivity contribution in [3.63, 3.8) is 0 Å². The van der Waals surface area contributed by atoms with Crippen LogP contribution in [0.25, 0.3) is 43.1 Å². The van der Waals surface area contributed by atoms with E-state index in [-0.39, 0.29) is 24.6 Å². The predicted molar refractivity (Wildman–Crippen MR) is 154 cm³/mol. The van der Waals surface area contributed by atoms with Crippen LogP contribution in [0.3, 0.4) is 0 Å². The first-order chi connectivity index (χ1) is 19.0. The molecule has 5 aromatic carbocycles. The molecule has 6 rings (SSSR count). The number of carbonyl (C=O) groups excluding carboxylic acids is 1. The number of aromatic amines is 1. The minimum atomic E-state index is -0.675. The standard InChI is InChI=1S/C32H25N3O4/c36-17-2-1-16-33-28(37)19-35-18-22(31(38)34-32(35)39)13-12-20-14-15-27-25-10-4-7-21-6-3-9-24(29(21)25)26-11-5-8-23(20)30(26)27/h3-11,14-15,18,36H,1-2,16-17,19H2,(H,33,37)(H,34,38,39). The van der Waals surface area contributed by atoms with E-state index < -0.39 is 11.2 Å². The Morgan fingerprint density at radius 1 is 0.795 bits per heavy atom. The van der Waals surface area contributed by atoms with Gasteiger partial charge < -0.3 is 10.4 Å². The summed E-state index contributed by atoms with van der Waals surface area (Å²) in [7, 11) is 0. The first kappa shape index (κ1) is 24.4. The number of amides is 1. The van der Waals surface area contributed by atoms with Crippen molar-refractivity contribution in [1.29, 1.82) is 0 Å². The van der Waals surface area contributed by atoms with Gasteiger partial charge in [-0.3, -0.25) is 19.1 Å². The van der Waals surface area contributed by atoms with Gasteiger partial charge >= 0.3 is 5.69 Å². The number of H-pyrrole nitrogens is 1. The summed E-state index contributed by atoms with van der Waals surface area (Å²) in [5, 5.41) is 20.8. The molecule has 0 atom stereocenters. The maximum Gasteiger partial charge on any atom is 0.328 e. The lowest BCUT2D eigenvalue weighted by molar-refractivity contribution is -0.121. The van der Waals surface area contributed by atoms with Gasteiger partial charge in [0.25, 0.3) is 5.56 Å². The van der Waals surface area contributed by atoms with E-state index in [0.29, 0.717) is 19.4 Å². The summed E-state index contributed by atoms with van der Waals surface area (Å²) in [6.45, 7) is 0.212. The molecule has 0 radical (unpaired) electrons. The number of aliphatic hydroxyl groups is 1. The summed E-state index contributed by atoms with van der Waals surface area (Å²) >= 11 is 0. The van der Waals surface area contributed by atoms with Gasteiger partial charge in [-0.25, -0.2) is 4.79 Å². The van der Waals surface area contributed by atoms with Gasteiger partial charge in [-0.15, -0.1) is 0 Å². The molecule has 0 saturated carbocycles. The van der Waals surface area contributed by atoms with Crippen molar-refractivity contribution in [2.45, 2.75) is 19.4 Å². The van der Waals surface area contributed by atoms with Crippen molar-refractivity contribution in [3.05, 3.63) is 105 Å². The fourth-order valence-electron chi connectivity index (χ4n) is 5.28. The largest absolute Gasteiger partial charge is 0.396 e. The van der Waals surface area contributed by atoms with Gasteiger partial charge in [-0.05, 0) is 62.0 Å². The lowest BCUT2D eigenvalue weighted by Gasteiger charge is -2.14. The van der Waals surface area contributed by atoms with Crippen molar-refractivity contribution in [2.24, 2.45) is 0 Å². The highest BCUT2D eigenvalue weighted by molar-refractivity contribution is 6.33. The number of hydrogen-bond donors (Lipinski definition) is 3. The van der Waals surface area contributed by atoms with Gasteiger partial charge in [0, 0.05) is 24.9 Å². The van der Waals surface area contributed by atoms with E-state index >= 15 is 0 Å². The number of rotatable bonds is 6. The summed E-state index contributed by atoms with van der Waals surface area (Å²) < 4.78 is 1.14. The molecule has 3 N–H and O–H groups in total. The molecule has 0 aliphatic heterocycles. The fourth-order valence-corrected chi connectivity index (χ4v) is 5.28.